The molecule has 1 aromatic heterocycles. The van der Waals surface area contributed by atoms with Crippen LogP contribution in [0.5, 0.6) is 0 Å². The van der Waals surface area contributed by atoms with Crippen molar-refractivity contribution < 1.29 is 0 Å². The Balaban J connectivity index is 2.24. The zero-order valence-electron chi connectivity index (χ0n) is 8.39. The number of halogens is 1. The maximum Gasteiger partial charge on any atom is 0.163 e. The highest BCUT2D eigenvalue weighted by molar-refractivity contribution is 9.10. The minimum absolute atomic E-state index is 0.275. The Bertz CT molecular complexity index is 553. The summed E-state index contributed by atoms with van der Waals surface area (Å²) in [5.41, 5.74) is 7.08. The molecule has 0 amide bonds. The van der Waals surface area contributed by atoms with Gasteiger partial charge in [0.15, 0.2) is 5.82 Å². The minimum Gasteiger partial charge on any atom is -0.381 e. The molecule has 0 aliphatic heterocycles. The molecular formula is C11H9BrN4. The van der Waals surface area contributed by atoms with Gasteiger partial charge in [0.1, 0.15) is 11.6 Å². The van der Waals surface area contributed by atoms with Crippen molar-refractivity contribution in [3.05, 3.63) is 46.1 Å². The molecule has 1 heterocycles. The van der Waals surface area contributed by atoms with Gasteiger partial charge in [0, 0.05) is 10.7 Å². The number of hydrogen-bond acceptors (Lipinski definition) is 3. The van der Waals surface area contributed by atoms with Gasteiger partial charge in [0.25, 0.3) is 0 Å². The lowest BCUT2D eigenvalue weighted by Gasteiger charge is -2.01. The molecule has 0 fully saturated rings. The maximum atomic E-state index is 8.75. The Hall–Kier alpha value is -1.80. The van der Waals surface area contributed by atoms with Gasteiger partial charge in [0.2, 0.25) is 0 Å². The lowest BCUT2D eigenvalue weighted by Crippen LogP contribution is -2.00. The Morgan fingerprint density at radius 1 is 1.50 bits per heavy atom. The summed E-state index contributed by atoms with van der Waals surface area (Å²) in [6, 6.07) is 9.91. The molecule has 0 saturated heterocycles. The molecule has 0 spiro atoms. The van der Waals surface area contributed by atoms with Crippen molar-refractivity contribution in [2.75, 3.05) is 5.73 Å². The highest BCUT2D eigenvalue weighted by Crippen LogP contribution is 2.14. The number of hydrogen-bond donors (Lipinski definition) is 1. The van der Waals surface area contributed by atoms with E-state index in [2.05, 4.69) is 21.0 Å². The average molecular weight is 277 g/mol. The number of nitriles is 1. The van der Waals surface area contributed by atoms with E-state index in [1.165, 1.54) is 0 Å². The molecule has 0 atom stereocenters. The van der Waals surface area contributed by atoms with Crippen molar-refractivity contribution in [2.24, 2.45) is 0 Å². The van der Waals surface area contributed by atoms with Crippen LogP contribution in [0.4, 0.5) is 5.82 Å². The molecule has 2 rings (SSSR count). The minimum atomic E-state index is 0.275. The molecule has 0 bridgehead atoms. The number of nitrogens with two attached hydrogens (primary N) is 1. The number of benzene rings is 1. The SMILES string of the molecule is N#Cc1cn(Cc2cccc(Br)c2)nc1N. The number of nitrogens with zero attached hydrogens (tertiary/aromatic N) is 3. The van der Waals surface area contributed by atoms with Crippen LogP contribution >= 0.6 is 15.9 Å². The van der Waals surface area contributed by atoms with Crippen molar-refractivity contribution in [3.63, 3.8) is 0 Å². The van der Waals surface area contributed by atoms with Crippen LogP contribution in [0.25, 0.3) is 0 Å². The third-order valence-electron chi connectivity index (χ3n) is 2.14. The molecule has 80 valence electrons. The van der Waals surface area contributed by atoms with E-state index in [1.54, 1.807) is 10.9 Å². The fraction of sp³-hybridized carbons (Fsp3) is 0.0909. The zero-order valence-corrected chi connectivity index (χ0v) is 9.98. The quantitative estimate of drug-likeness (QED) is 0.914. The summed E-state index contributed by atoms with van der Waals surface area (Å²) in [5, 5.41) is 12.8. The predicted molar refractivity (Wildman–Crippen MR) is 64.6 cm³/mol. The lowest BCUT2D eigenvalue weighted by molar-refractivity contribution is 0.690. The van der Waals surface area contributed by atoms with E-state index in [-0.39, 0.29) is 5.82 Å². The first kappa shape index (κ1) is 10.7. The topological polar surface area (TPSA) is 67.6 Å². The van der Waals surface area contributed by atoms with Crippen LogP contribution in [0.1, 0.15) is 11.1 Å². The van der Waals surface area contributed by atoms with Crippen LogP contribution in [0.2, 0.25) is 0 Å². The number of aromatic nitrogens is 2. The van der Waals surface area contributed by atoms with Gasteiger partial charge in [-0.1, -0.05) is 28.1 Å². The maximum absolute atomic E-state index is 8.75. The van der Waals surface area contributed by atoms with Crippen LogP contribution in [0, 0.1) is 11.3 Å². The normalized spacial score (nSPS) is 10.0. The van der Waals surface area contributed by atoms with Gasteiger partial charge in [-0.25, -0.2) is 0 Å². The third kappa shape index (κ3) is 2.23. The number of rotatable bonds is 2. The Kier molecular flexibility index (Phi) is 2.93. The van der Waals surface area contributed by atoms with E-state index in [0.29, 0.717) is 12.1 Å². The van der Waals surface area contributed by atoms with Gasteiger partial charge in [-0.15, -0.1) is 0 Å². The molecular weight excluding hydrogens is 268 g/mol. The Labute approximate surface area is 101 Å². The van der Waals surface area contributed by atoms with Crippen LogP contribution in [0.15, 0.2) is 34.9 Å². The average Bonchev–Trinajstić information content (AvgIpc) is 2.58. The highest BCUT2D eigenvalue weighted by Gasteiger charge is 2.04. The van der Waals surface area contributed by atoms with E-state index >= 15 is 0 Å². The van der Waals surface area contributed by atoms with Gasteiger partial charge in [0.05, 0.1) is 6.54 Å². The highest BCUT2D eigenvalue weighted by atomic mass is 79.9. The summed E-state index contributed by atoms with van der Waals surface area (Å²) in [4.78, 5) is 0. The molecule has 0 saturated carbocycles. The van der Waals surface area contributed by atoms with E-state index in [9.17, 15) is 0 Å². The smallest absolute Gasteiger partial charge is 0.163 e. The van der Waals surface area contributed by atoms with Gasteiger partial charge >= 0.3 is 0 Å². The first-order chi connectivity index (χ1) is 7.69. The van der Waals surface area contributed by atoms with E-state index < -0.39 is 0 Å². The Morgan fingerprint density at radius 2 is 2.31 bits per heavy atom. The van der Waals surface area contributed by atoms with Crippen LogP contribution < -0.4 is 5.73 Å². The van der Waals surface area contributed by atoms with Crippen molar-refractivity contribution in [1.82, 2.24) is 9.78 Å². The summed E-state index contributed by atoms with van der Waals surface area (Å²) < 4.78 is 2.68. The van der Waals surface area contributed by atoms with Gasteiger partial charge in [-0.3, -0.25) is 4.68 Å². The second-order valence-corrected chi connectivity index (χ2v) is 4.28. The van der Waals surface area contributed by atoms with Gasteiger partial charge in [-0.05, 0) is 17.7 Å². The molecule has 4 nitrogen and oxygen atoms in total. The first-order valence-corrected chi connectivity index (χ1v) is 5.46. The molecule has 5 heteroatoms. The third-order valence-corrected chi connectivity index (χ3v) is 2.64. The fourth-order valence-electron chi connectivity index (χ4n) is 1.43. The summed E-state index contributed by atoms with van der Waals surface area (Å²) in [6.45, 7) is 0.602. The second-order valence-electron chi connectivity index (χ2n) is 3.37. The predicted octanol–water partition coefficient (Wildman–Crippen LogP) is 2.15. The molecule has 0 aliphatic rings. The summed E-state index contributed by atoms with van der Waals surface area (Å²) in [7, 11) is 0. The largest absolute Gasteiger partial charge is 0.381 e. The summed E-state index contributed by atoms with van der Waals surface area (Å²) in [6.07, 6.45) is 1.65. The van der Waals surface area contributed by atoms with E-state index in [0.717, 1.165) is 10.0 Å². The van der Waals surface area contributed by atoms with Crippen molar-refractivity contribution >= 4 is 21.7 Å². The molecule has 1 aromatic carbocycles. The van der Waals surface area contributed by atoms with Crippen molar-refractivity contribution in [2.45, 2.75) is 6.54 Å². The molecule has 2 N–H and O–H groups in total. The van der Waals surface area contributed by atoms with Gasteiger partial charge in [-0.2, -0.15) is 10.4 Å². The molecule has 0 radical (unpaired) electrons. The van der Waals surface area contributed by atoms with Crippen molar-refractivity contribution in [1.29, 1.82) is 5.26 Å². The first-order valence-electron chi connectivity index (χ1n) is 4.66. The lowest BCUT2D eigenvalue weighted by atomic mass is 10.2. The van der Waals surface area contributed by atoms with Crippen LogP contribution in [0.3, 0.4) is 0 Å². The fourth-order valence-corrected chi connectivity index (χ4v) is 1.87. The number of nitrogen functional groups attached to an aromatic ring is 1. The summed E-state index contributed by atoms with van der Waals surface area (Å²) >= 11 is 3.40. The molecule has 16 heavy (non-hydrogen) atoms. The molecule has 0 unspecified atom stereocenters. The standard InChI is InChI=1S/C11H9BrN4/c12-10-3-1-2-8(4-10)6-16-7-9(5-13)11(14)15-16/h1-4,7H,6H2,(H2,14,15). The molecule has 2 aromatic rings. The van der Waals surface area contributed by atoms with E-state index in [1.807, 2.05) is 30.3 Å². The van der Waals surface area contributed by atoms with Crippen molar-refractivity contribution in [3.8, 4) is 6.07 Å². The van der Waals surface area contributed by atoms with E-state index in [4.69, 9.17) is 11.0 Å². The zero-order chi connectivity index (χ0) is 11.5. The monoisotopic (exact) mass is 276 g/mol. The Morgan fingerprint density at radius 3 is 2.94 bits per heavy atom. The summed E-state index contributed by atoms with van der Waals surface area (Å²) in [5.74, 6) is 0.275. The number of anilines is 1. The molecule has 0 aliphatic carbocycles. The van der Waals surface area contributed by atoms with Crippen LogP contribution in [-0.2, 0) is 6.54 Å². The van der Waals surface area contributed by atoms with Gasteiger partial charge < -0.3 is 5.73 Å². The second kappa shape index (κ2) is 4.37. The van der Waals surface area contributed by atoms with Crippen LogP contribution in [-0.4, -0.2) is 9.78 Å².